The smallest absolute Gasteiger partial charge is 0.338 e. The monoisotopic (exact) mass is 478 g/mol. The summed E-state index contributed by atoms with van der Waals surface area (Å²) in [7, 11) is 2.91. The summed E-state index contributed by atoms with van der Waals surface area (Å²) in [4.78, 5) is 31.4. The van der Waals surface area contributed by atoms with Gasteiger partial charge < -0.3 is 14.2 Å². The summed E-state index contributed by atoms with van der Waals surface area (Å²) < 4.78 is 18.0. The van der Waals surface area contributed by atoms with E-state index in [0.29, 0.717) is 33.0 Å². The Morgan fingerprint density at radius 1 is 1.09 bits per heavy atom. The Labute approximate surface area is 201 Å². The number of allylic oxidation sites excluding steroid dienone is 1. The minimum absolute atomic E-state index is 0.218. The maximum atomic E-state index is 13.6. The molecule has 1 unspecified atom stereocenters. The average molecular weight is 479 g/mol. The molecular formula is C26H26N2O5S. The largest absolute Gasteiger partial charge is 0.497 e. The molecule has 2 heterocycles. The number of carbonyl (C=O) groups is 1. The fraction of sp³-hybridized carbons (Fsp3) is 0.269. The zero-order chi connectivity index (χ0) is 24.2. The fourth-order valence-corrected chi connectivity index (χ4v) is 4.87. The number of ether oxygens (including phenoxy) is 3. The molecule has 7 nitrogen and oxygen atoms in total. The van der Waals surface area contributed by atoms with E-state index >= 15 is 0 Å². The molecule has 0 saturated carbocycles. The second-order valence-electron chi connectivity index (χ2n) is 7.76. The number of fused-ring (bicyclic) bond motifs is 1. The Kier molecular flexibility index (Phi) is 6.98. The van der Waals surface area contributed by atoms with Gasteiger partial charge in [0, 0.05) is 0 Å². The molecule has 176 valence electrons. The predicted molar refractivity (Wildman–Crippen MR) is 131 cm³/mol. The van der Waals surface area contributed by atoms with Gasteiger partial charge in [-0.1, -0.05) is 42.5 Å². The van der Waals surface area contributed by atoms with E-state index in [-0.39, 0.29) is 5.56 Å². The van der Waals surface area contributed by atoms with Crippen molar-refractivity contribution < 1.29 is 19.0 Å². The second kappa shape index (κ2) is 10.1. The van der Waals surface area contributed by atoms with E-state index in [1.54, 1.807) is 30.7 Å². The molecule has 0 bridgehead atoms. The molecule has 0 N–H and O–H groups in total. The van der Waals surface area contributed by atoms with Crippen molar-refractivity contribution in [2.45, 2.75) is 26.3 Å². The van der Waals surface area contributed by atoms with Gasteiger partial charge in [0.25, 0.3) is 5.56 Å². The predicted octanol–water partition coefficient (Wildman–Crippen LogP) is 3.21. The summed E-state index contributed by atoms with van der Waals surface area (Å²) >= 11 is 1.29. The third-order valence-corrected chi connectivity index (χ3v) is 6.49. The third kappa shape index (κ3) is 4.54. The molecule has 0 aliphatic carbocycles. The topological polar surface area (TPSA) is 79.1 Å². The van der Waals surface area contributed by atoms with Gasteiger partial charge in [-0.25, -0.2) is 9.79 Å². The highest BCUT2D eigenvalue weighted by molar-refractivity contribution is 7.07. The van der Waals surface area contributed by atoms with Crippen LogP contribution in [0.1, 0.15) is 37.4 Å². The van der Waals surface area contributed by atoms with E-state index in [1.165, 1.54) is 18.4 Å². The molecule has 0 saturated heterocycles. The van der Waals surface area contributed by atoms with Crippen LogP contribution in [-0.2, 0) is 9.53 Å². The molecule has 0 amide bonds. The van der Waals surface area contributed by atoms with Gasteiger partial charge >= 0.3 is 5.97 Å². The summed E-state index contributed by atoms with van der Waals surface area (Å²) in [5, 5.41) is 0. The van der Waals surface area contributed by atoms with E-state index in [0.717, 1.165) is 23.3 Å². The second-order valence-corrected chi connectivity index (χ2v) is 8.77. The Balaban J connectivity index is 1.83. The lowest BCUT2D eigenvalue weighted by molar-refractivity contribution is -0.136. The first kappa shape index (κ1) is 23.5. The summed E-state index contributed by atoms with van der Waals surface area (Å²) in [6, 6.07) is 14.2. The standard InChI is InChI=1S/C26H26N2O5S/c1-5-14-33-20-10-6-17(7-11-20)15-21-24(29)28-23(18-8-12-19(31-3)13-9-18)22(25(30)32-4)16(2)27-26(28)34-21/h6-13,15,23H,5,14H2,1-4H3. The number of nitrogens with zero attached hydrogens (tertiary/aromatic N) is 2. The molecule has 0 fully saturated rings. The van der Waals surface area contributed by atoms with Gasteiger partial charge in [0.15, 0.2) is 4.80 Å². The molecule has 2 aromatic carbocycles. The first-order valence-electron chi connectivity index (χ1n) is 10.9. The number of methoxy groups -OCH3 is 2. The third-order valence-electron chi connectivity index (χ3n) is 5.51. The lowest BCUT2D eigenvalue weighted by atomic mass is 9.96. The quantitative estimate of drug-likeness (QED) is 0.488. The normalized spacial score (nSPS) is 15.5. The van der Waals surface area contributed by atoms with Crippen LogP contribution in [0, 0.1) is 0 Å². The molecule has 1 aromatic heterocycles. The Morgan fingerprint density at radius 3 is 2.38 bits per heavy atom. The molecule has 3 aromatic rings. The number of benzene rings is 2. The van der Waals surface area contributed by atoms with Crippen molar-refractivity contribution in [3.05, 3.63) is 90.6 Å². The zero-order valence-corrected chi connectivity index (χ0v) is 20.3. The summed E-state index contributed by atoms with van der Waals surface area (Å²) in [6.45, 7) is 4.47. The number of hydrogen-bond acceptors (Lipinski definition) is 7. The van der Waals surface area contributed by atoms with Crippen molar-refractivity contribution in [2.75, 3.05) is 20.8 Å². The number of esters is 1. The van der Waals surface area contributed by atoms with Crippen molar-refractivity contribution in [3.63, 3.8) is 0 Å². The van der Waals surface area contributed by atoms with Gasteiger partial charge in [0.05, 0.1) is 42.7 Å². The summed E-state index contributed by atoms with van der Waals surface area (Å²) in [5.74, 6) is 0.958. The number of aromatic nitrogens is 1. The van der Waals surface area contributed by atoms with Crippen LogP contribution in [0.4, 0.5) is 0 Å². The minimum atomic E-state index is -0.651. The van der Waals surface area contributed by atoms with Crippen LogP contribution in [0.15, 0.2) is 69.6 Å². The van der Waals surface area contributed by atoms with Crippen molar-refractivity contribution >= 4 is 23.4 Å². The summed E-state index contributed by atoms with van der Waals surface area (Å²) in [6.07, 6.45) is 2.76. The highest BCUT2D eigenvalue weighted by Crippen LogP contribution is 2.31. The van der Waals surface area contributed by atoms with E-state index in [1.807, 2.05) is 42.5 Å². The molecular weight excluding hydrogens is 452 g/mol. The van der Waals surface area contributed by atoms with Crippen LogP contribution >= 0.6 is 11.3 Å². The Hall–Kier alpha value is -3.65. The van der Waals surface area contributed by atoms with E-state index in [4.69, 9.17) is 14.2 Å². The number of carbonyl (C=O) groups excluding carboxylic acids is 1. The maximum Gasteiger partial charge on any atom is 0.338 e. The van der Waals surface area contributed by atoms with E-state index in [9.17, 15) is 9.59 Å². The van der Waals surface area contributed by atoms with Gasteiger partial charge in [-0.2, -0.15) is 0 Å². The number of hydrogen-bond donors (Lipinski definition) is 0. The van der Waals surface area contributed by atoms with E-state index in [2.05, 4.69) is 11.9 Å². The highest BCUT2D eigenvalue weighted by Gasteiger charge is 2.33. The SMILES string of the molecule is CCCOc1ccc(C=c2sc3n(c2=O)C(c2ccc(OC)cc2)C(C(=O)OC)=C(C)N=3)cc1. The van der Waals surface area contributed by atoms with Crippen molar-refractivity contribution in [1.82, 2.24) is 4.57 Å². The minimum Gasteiger partial charge on any atom is -0.497 e. The van der Waals surface area contributed by atoms with Gasteiger partial charge in [-0.05, 0) is 54.8 Å². The van der Waals surface area contributed by atoms with Crippen LogP contribution in [-0.4, -0.2) is 31.4 Å². The van der Waals surface area contributed by atoms with Crippen molar-refractivity contribution in [1.29, 1.82) is 0 Å². The maximum absolute atomic E-state index is 13.6. The molecule has 1 atom stereocenters. The first-order chi connectivity index (χ1) is 16.5. The van der Waals surface area contributed by atoms with Crippen molar-refractivity contribution in [2.24, 2.45) is 4.99 Å². The van der Waals surface area contributed by atoms with Gasteiger partial charge in [-0.15, -0.1) is 0 Å². The molecule has 8 heteroatoms. The highest BCUT2D eigenvalue weighted by atomic mass is 32.1. The molecule has 0 radical (unpaired) electrons. The van der Waals surface area contributed by atoms with Crippen molar-refractivity contribution in [3.8, 4) is 11.5 Å². The van der Waals surface area contributed by atoms with Crippen LogP contribution in [0.5, 0.6) is 11.5 Å². The number of thiazole rings is 1. The van der Waals surface area contributed by atoms with Gasteiger partial charge in [0.2, 0.25) is 0 Å². The lowest BCUT2D eigenvalue weighted by Crippen LogP contribution is -2.39. The lowest BCUT2D eigenvalue weighted by Gasteiger charge is -2.24. The molecule has 1 aliphatic heterocycles. The van der Waals surface area contributed by atoms with Gasteiger partial charge in [-0.3, -0.25) is 9.36 Å². The fourth-order valence-electron chi connectivity index (χ4n) is 3.83. The molecule has 1 aliphatic rings. The Morgan fingerprint density at radius 2 is 1.76 bits per heavy atom. The zero-order valence-electron chi connectivity index (χ0n) is 19.5. The van der Waals surface area contributed by atoms with Crippen LogP contribution in [0.3, 0.4) is 0 Å². The summed E-state index contributed by atoms with van der Waals surface area (Å²) in [5.41, 5.74) is 2.28. The molecule has 34 heavy (non-hydrogen) atoms. The van der Waals surface area contributed by atoms with Gasteiger partial charge in [0.1, 0.15) is 11.5 Å². The molecule has 0 spiro atoms. The average Bonchev–Trinajstić information content (AvgIpc) is 3.16. The Bertz CT molecular complexity index is 1400. The molecule has 4 rings (SSSR count). The van der Waals surface area contributed by atoms with Crippen LogP contribution in [0.2, 0.25) is 0 Å². The van der Waals surface area contributed by atoms with Crippen LogP contribution in [0.25, 0.3) is 6.08 Å². The number of rotatable bonds is 7. The van der Waals surface area contributed by atoms with Crippen LogP contribution < -0.4 is 24.4 Å². The van der Waals surface area contributed by atoms with E-state index < -0.39 is 12.0 Å². The first-order valence-corrected chi connectivity index (χ1v) is 11.8.